The Bertz CT molecular complexity index is 1570. The number of benzene rings is 3. The number of nitrogens with one attached hydrogen (secondary N) is 1. The highest BCUT2D eigenvalue weighted by atomic mass is 35.5. The van der Waals surface area contributed by atoms with Crippen molar-refractivity contribution in [3.63, 3.8) is 0 Å². The Morgan fingerprint density at radius 3 is 2.29 bits per heavy atom. The summed E-state index contributed by atoms with van der Waals surface area (Å²) in [6, 6.07) is 10.0. The van der Waals surface area contributed by atoms with E-state index < -0.39 is 35.1 Å². The summed E-state index contributed by atoms with van der Waals surface area (Å²) in [6.07, 6.45) is 1.23. The van der Waals surface area contributed by atoms with Crippen LogP contribution in [0.25, 0.3) is 22.0 Å². The van der Waals surface area contributed by atoms with Crippen LogP contribution < -0.4 is 14.8 Å². The molecule has 1 aromatic heterocycles. The first kappa shape index (κ1) is 29.7. The molecule has 41 heavy (non-hydrogen) atoms. The number of fused-ring (bicyclic) bond motifs is 1. The largest absolute Gasteiger partial charge is 0.496 e. The Hall–Kier alpha value is -4.28. The molecule has 0 aliphatic heterocycles. The normalized spacial score (nSPS) is 11.8. The Kier molecular flexibility index (Phi) is 9.36. The first-order valence-electron chi connectivity index (χ1n) is 12.6. The highest BCUT2D eigenvalue weighted by molar-refractivity contribution is 6.36. The van der Waals surface area contributed by atoms with Gasteiger partial charge in [0.05, 0.1) is 36.9 Å². The van der Waals surface area contributed by atoms with Crippen LogP contribution in [0.4, 0.5) is 8.78 Å². The lowest BCUT2D eigenvalue weighted by Crippen LogP contribution is -2.43. The summed E-state index contributed by atoms with van der Waals surface area (Å²) in [4.78, 5) is 29.2. The first-order valence-corrected chi connectivity index (χ1v) is 12.9. The molecule has 0 radical (unpaired) electrons. The molecule has 0 unspecified atom stereocenters. The van der Waals surface area contributed by atoms with Crippen molar-refractivity contribution in [3.8, 4) is 22.6 Å². The van der Waals surface area contributed by atoms with Crippen LogP contribution in [0.2, 0.25) is 5.02 Å². The molecule has 11 heteroatoms. The highest BCUT2D eigenvalue weighted by Gasteiger charge is 2.27. The van der Waals surface area contributed by atoms with Crippen LogP contribution in [0, 0.1) is 11.6 Å². The quantitative estimate of drug-likeness (QED) is 0.229. The number of carboxylic acids is 1. The third-order valence-corrected chi connectivity index (χ3v) is 6.76. The molecule has 0 saturated carbocycles. The number of rotatable bonds is 11. The number of carbonyl (C=O) groups is 2. The van der Waals surface area contributed by atoms with Gasteiger partial charge >= 0.3 is 5.97 Å². The fraction of sp³-hybridized carbons (Fsp3) is 0.233. The van der Waals surface area contributed by atoms with Gasteiger partial charge in [-0.1, -0.05) is 29.8 Å². The maximum atomic E-state index is 14.1. The Labute approximate surface area is 239 Å². The van der Waals surface area contributed by atoms with Crippen molar-refractivity contribution in [2.24, 2.45) is 0 Å². The number of hydrogen-bond donors (Lipinski definition) is 2. The molecular formula is C30H27ClF2N2O6. The second-order valence-electron chi connectivity index (χ2n) is 8.97. The molecule has 2 N–H and O–H groups in total. The molecule has 0 aliphatic rings. The Balaban J connectivity index is 1.79. The summed E-state index contributed by atoms with van der Waals surface area (Å²) < 4.78 is 45.2. The van der Waals surface area contributed by atoms with E-state index in [1.165, 1.54) is 20.4 Å². The van der Waals surface area contributed by atoms with Crippen LogP contribution >= 0.6 is 11.6 Å². The zero-order valence-corrected chi connectivity index (χ0v) is 23.2. The molecule has 0 fully saturated rings. The van der Waals surface area contributed by atoms with Crippen molar-refractivity contribution < 1.29 is 37.7 Å². The molecule has 3 aromatic carbocycles. The van der Waals surface area contributed by atoms with Crippen molar-refractivity contribution in [1.82, 2.24) is 10.3 Å². The average Bonchev–Trinajstić information content (AvgIpc) is 2.95. The molecule has 4 aromatic rings. The predicted octanol–water partition coefficient (Wildman–Crippen LogP) is 5.81. The number of hydrogen-bond acceptors (Lipinski definition) is 6. The van der Waals surface area contributed by atoms with Gasteiger partial charge in [-0.2, -0.15) is 0 Å². The van der Waals surface area contributed by atoms with Gasteiger partial charge in [-0.3, -0.25) is 9.78 Å². The average molecular weight is 585 g/mol. The van der Waals surface area contributed by atoms with Crippen molar-refractivity contribution in [2.45, 2.75) is 26.0 Å². The lowest BCUT2D eigenvalue weighted by molar-refractivity contribution is -0.139. The number of aromatic nitrogens is 1. The summed E-state index contributed by atoms with van der Waals surface area (Å²) in [6.45, 7) is 2.78. The van der Waals surface area contributed by atoms with E-state index >= 15 is 0 Å². The minimum absolute atomic E-state index is 0.247. The van der Waals surface area contributed by atoms with Crippen molar-refractivity contribution in [1.29, 1.82) is 0 Å². The molecule has 1 heterocycles. The molecule has 8 nitrogen and oxygen atoms in total. The molecular weight excluding hydrogens is 558 g/mol. The van der Waals surface area contributed by atoms with Crippen molar-refractivity contribution >= 4 is 34.4 Å². The summed E-state index contributed by atoms with van der Waals surface area (Å²) in [5.74, 6) is -3.81. The zero-order chi connectivity index (χ0) is 29.7. The van der Waals surface area contributed by atoms with Crippen LogP contribution in [0.3, 0.4) is 0 Å². The Morgan fingerprint density at radius 2 is 1.71 bits per heavy atom. The minimum Gasteiger partial charge on any atom is -0.496 e. The maximum Gasteiger partial charge on any atom is 0.326 e. The van der Waals surface area contributed by atoms with Gasteiger partial charge < -0.3 is 24.6 Å². The number of methoxy groups -OCH3 is 2. The predicted molar refractivity (Wildman–Crippen MR) is 150 cm³/mol. The summed E-state index contributed by atoms with van der Waals surface area (Å²) in [5, 5.41) is 12.9. The smallest absolute Gasteiger partial charge is 0.326 e. The molecule has 1 amide bonds. The number of amides is 1. The topological polar surface area (TPSA) is 107 Å². The van der Waals surface area contributed by atoms with Crippen molar-refractivity contribution in [2.75, 3.05) is 20.8 Å². The van der Waals surface area contributed by atoms with Gasteiger partial charge in [0, 0.05) is 30.2 Å². The van der Waals surface area contributed by atoms with Crippen LogP contribution in [0.15, 0.2) is 54.7 Å². The van der Waals surface area contributed by atoms with E-state index in [4.69, 9.17) is 25.8 Å². The molecule has 0 spiro atoms. The van der Waals surface area contributed by atoms with E-state index in [1.54, 1.807) is 18.2 Å². The van der Waals surface area contributed by atoms with Crippen LogP contribution in [0.5, 0.6) is 11.5 Å². The fourth-order valence-electron chi connectivity index (χ4n) is 4.56. The van der Waals surface area contributed by atoms with Gasteiger partial charge in [-0.05, 0) is 48.4 Å². The molecule has 1 atom stereocenters. The number of carbonyl (C=O) groups excluding carboxylic acids is 1. The summed E-state index contributed by atoms with van der Waals surface area (Å²) in [5.41, 5.74) is 1.98. The number of pyridine rings is 1. The van der Waals surface area contributed by atoms with Gasteiger partial charge in [0.15, 0.2) is 0 Å². The van der Waals surface area contributed by atoms with Gasteiger partial charge in [-0.25, -0.2) is 13.6 Å². The molecule has 0 aliphatic carbocycles. The van der Waals surface area contributed by atoms with Gasteiger partial charge in [0.2, 0.25) is 0 Å². The maximum absolute atomic E-state index is 14.1. The molecule has 0 saturated heterocycles. The molecule has 214 valence electrons. The van der Waals surface area contributed by atoms with E-state index in [0.29, 0.717) is 57.3 Å². The third kappa shape index (κ3) is 6.23. The van der Waals surface area contributed by atoms with E-state index in [0.717, 1.165) is 23.8 Å². The molecule has 4 rings (SSSR count). The number of nitrogens with zero attached hydrogens (tertiary/aromatic N) is 1. The number of halogens is 3. The fourth-order valence-corrected chi connectivity index (χ4v) is 4.80. The monoisotopic (exact) mass is 584 g/mol. The first-order chi connectivity index (χ1) is 19.7. The minimum atomic E-state index is -1.53. The van der Waals surface area contributed by atoms with Gasteiger partial charge in [-0.15, -0.1) is 0 Å². The van der Waals surface area contributed by atoms with E-state index in [1.807, 2.05) is 19.1 Å². The van der Waals surface area contributed by atoms with Gasteiger partial charge in [0.1, 0.15) is 34.7 Å². The SMILES string of the molecule is CCOCc1cc(OC)c(-c2ccc(C[C@H](NC(=O)c3c(F)cccc3F)C(=O)O)c3nccc(Cl)c23)c(OC)c1. The summed E-state index contributed by atoms with van der Waals surface area (Å²) >= 11 is 6.66. The Morgan fingerprint density at radius 1 is 1.05 bits per heavy atom. The second kappa shape index (κ2) is 12.9. The van der Waals surface area contributed by atoms with Crippen LogP contribution in [0.1, 0.15) is 28.4 Å². The zero-order valence-electron chi connectivity index (χ0n) is 22.5. The highest BCUT2D eigenvalue weighted by Crippen LogP contribution is 2.44. The lowest BCUT2D eigenvalue weighted by Gasteiger charge is -2.20. The van der Waals surface area contributed by atoms with Gasteiger partial charge in [0.25, 0.3) is 5.91 Å². The number of ether oxygens (including phenoxy) is 3. The standard InChI is InChI=1S/C30H27ClF2N2O6/c1-4-41-15-16-12-23(39-2)26(24(13-16)40-3)18-9-8-17(28-25(18)19(31)10-11-34-28)14-22(30(37)38)35-29(36)27-20(32)6-5-7-21(27)33/h5-13,22H,4,14-15H2,1-3H3,(H,35,36)(H,37,38)/t22-/m0/s1. The summed E-state index contributed by atoms with van der Waals surface area (Å²) in [7, 11) is 3.05. The number of carboxylic acid groups (broad SMARTS) is 1. The third-order valence-electron chi connectivity index (χ3n) is 6.45. The van der Waals surface area contributed by atoms with Crippen LogP contribution in [-0.2, 0) is 22.6 Å². The van der Waals surface area contributed by atoms with E-state index in [9.17, 15) is 23.5 Å². The lowest BCUT2D eigenvalue weighted by atomic mass is 9.93. The van der Waals surface area contributed by atoms with Crippen molar-refractivity contribution in [3.05, 3.63) is 88.1 Å². The number of aliphatic carboxylic acids is 1. The molecule has 0 bridgehead atoms. The van der Waals surface area contributed by atoms with Crippen LogP contribution in [-0.4, -0.2) is 48.8 Å². The van der Waals surface area contributed by atoms with E-state index in [2.05, 4.69) is 10.3 Å². The van der Waals surface area contributed by atoms with E-state index in [-0.39, 0.29) is 6.42 Å². The second-order valence-corrected chi connectivity index (χ2v) is 9.37.